The van der Waals surface area contributed by atoms with Crippen molar-refractivity contribution >= 4 is 5.96 Å². The predicted molar refractivity (Wildman–Crippen MR) is 88.6 cm³/mol. The van der Waals surface area contributed by atoms with Gasteiger partial charge in [0.25, 0.3) is 0 Å². The second kappa shape index (κ2) is 5.90. The van der Waals surface area contributed by atoms with Gasteiger partial charge in [-0.15, -0.1) is 0 Å². The van der Waals surface area contributed by atoms with Gasteiger partial charge in [-0.3, -0.25) is 4.99 Å². The van der Waals surface area contributed by atoms with Crippen LogP contribution in [0.15, 0.2) is 29.3 Å². The molecule has 0 aromatic heterocycles. The zero-order chi connectivity index (χ0) is 15.7. The number of hydrogen-bond acceptors (Lipinski definition) is 1. The van der Waals surface area contributed by atoms with E-state index in [2.05, 4.69) is 36.0 Å². The average molecular weight is 303 g/mol. The molecule has 4 heteroatoms. The standard InChI is InChI=1S/C18H26FN3/c1-4-20-17(22-10-9-18(2,3)12-22)21-16-11-14(16)13-7-5-6-8-15(13)19/h5-8,14,16H,4,9-12H2,1-3H3,(H,20,21). The number of nitrogens with zero attached hydrogens (tertiary/aromatic N) is 2. The number of rotatable bonds is 3. The highest BCUT2D eigenvalue weighted by molar-refractivity contribution is 5.81. The molecule has 22 heavy (non-hydrogen) atoms. The Balaban J connectivity index is 1.65. The molecule has 1 saturated carbocycles. The average Bonchev–Trinajstić information content (AvgIpc) is 3.13. The Morgan fingerprint density at radius 2 is 2.18 bits per heavy atom. The van der Waals surface area contributed by atoms with Crippen molar-refractivity contribution in [1.82, 2.24) is 10.2 Å². The van der Waals surface area contributed by atoms with Crippen LogP contribution in [0.4, 0.5) is 4.39 Å². The molecule has 3 rings (SSSR count). The van der Waals surface area contributed by atoms with Crippen LogP contribution >= 0.6 is 0 Å². The first-order valence-electron chi connectivity index (χ1n) is 8.30. The van der Waals surface area contributed by atoms with E-state index in [0.29, 0.717) is 11.5 Å². The lowest BCUT2D eigenvalue weighted by Gasteiger charge is -2.24. The molecule has 2 atom stereocenters. The van der Waals surface area contributed by atoms with E-state index >= 15 is 0 Å². The third-order valence-electron chi connectivity index (χ3n) is 4.69. The normalized spacial score (nSPS) is 27.1. The number of halogens is 1. The van der Waals surface area contributed by atoms with Crippen LogP contribution in [0.3, 0.4) is 0 Å². The van der Waals surface area contributed by atoms with Crippen LogP contribution in [-0.2, 0) is 0 Å². The SMILES string of the molecule is CCN=C(NC1CC1c1ccccc1F)N1CCC(C)(C)C1. The van der Waals surface area contributed by atoms with Crippen LogP contribution < -0.4 is 5.32 Å². The first-order valence-corrected chi connectivity index (χ1v) is 8.30. The lowest BCUT2D eigenvalue weighted by atomic mass is 9.93. The van der Waals surface area contributed by atoms with Gasteiger partial charge >= 0.3 is 0 Å². The van der Waals surface area contributed by atoms with Crippen molar-refractivity contribution in [1.29, 1.82) is 0 Å². The molecule has 1 heterocycles. The minimum atomic E-state index is -0.0897. The van der Waals surface area contributed by atoms with Crippen molar-refractivity contribution in [3.8, 4) is 0 Å². The van der Waals surface area contributed by atoms with Gasteiger partial charge in [0.2, 0.25) is 0 Å². The second-order valence-corrected chi connectivity index (χ2v) is 7.25. The maximum Gasteiger partial charge on any atom is 0.194 e. The molecule has 2 unspecified atom stereocenters. The third kappa shape index (κ3) is 3.26. The molecule has 0 radical (unpaired) electrons. The smallest absolute Gasteiger partial charge is 0.194 e. The maximum absolute atomic E-state index is 13.9. The Bertz CT molecular complexity index is 567. The summed E-state index contributed by atoms with van der Waals surface area (Å²) in [6.45, 7) is 9.53. The summed E-state index contributed by atoms with van der Waals surface area (Å²) in [5, 5.41) is 3.56. The second-order valence-electron chi connectivity index (χ2n) is 7.25. The van der Waals surface area contributed by atoms with Crippen molar-refractivity contribution < 1.29 is 4.39 Å². The van der Waals surface area contributed by atoms with Crippen LogP contribution in [-0.4, -0.2) is 36.5 Å². The Morgan fingerprint density at radius 3 is 2.82 bits per heavy atom. The third-order valence-corrected chi connectivity index (χ3v) is 4.69. The van der Waals surface area contributed by atoms with Gasteiger partial charge in [0, 0.05) is 31.6 Å². The van der Waals surface area contributed by atoms with Crippen molar-refractivity contribution in [3.63, 3.8) is 0 Å². The van der Waals surface area contributed by atoms with Crippen molar-refractivity contribution in [2.75, 3.05) is 19.6 Å². The first kappa shape index (κ1) is 15.3. The van der Waals surface area contributed by atoms with Crippen molar-refractivity contribution in [2.45, 2.75) is 45.6 Å². The van der Waals surface area contributed by atoms with E-state index in [1.807, 2.05) is 12.1 Å². The van der Waals surface area contributed by atoms with Gasteiger partial charge in [-0.05, 0) is 36.8 Å². The highest BCUT2D eigenvalue weighted by Gasteiger charge is 2.42. The van der Waals surface area contributed by atoms with Crippen LogP contribution in [0.2, 0.25) is 0 Å². The largest absolute Gasteiger partial charge is 0.353 e. The zero-order valence-electron chi connectivity index (χ0n) is 13.8. The van der Waals surface area contributed by atoms with E-state index in [1.54, 1.807) is 12.1 Å². The van der Waals surface area contributed by atoms with E-state index in [-0.39, 0.29) is 11.7 Å². The lowest BCUT2D eigenvalue weighted by molar-refractivity contribution is 0.369. The Hall–Kier alpha value is -1.58. The topological polar surface area (TPSA) is 27.6 Å². The molecular formula is C18H26FN3. The fourth-order valence-electron chi connectivity index (χ4n) is 3.32. The Labute approximate surface area is 132 Å². The number of likely N-dealkylation sites (tertiary alicyclic amines) is 1. The van der Waals surface area contributed by atoms with Gasteiger partial charge in [-0.1, -0.05) is 32.0 Å². The van der Waals surface area contributed by atoms with E-state index in [0.717, 1.165) is 37.6 Å². The van der Waals surface area contributed by atoms with E-state index in [9.17, 15) is 4.39 Å². The molecular weight excluding hydrogens is 277 g/mol. The number of aliphatic imine (C=N–C) groups is 1. The molecule has 1 aromatic rings. The molecule has 1 aliphatic carbocycles. The first-order chi connectivity index (χ1) is 10.5. The highest BCUT2D eigenvalue weighted by Crippen LogP contribution is 2.42. The summed E-state index contributed by atoms with van der Waals surface area (Å²) >= 11 is 0. The number of hydrogen-bond donors (Lipinski definition) is 1. The lowest BCUT2D eigenvalue weighted by Crippen LogP contribution is -2.42. The van der Waals surface area contributed by atoms with Crippen LogP contribution in [0.1, 0.15) is 45.1 Å². The highest BCUT2D eigenvalue weighted by atomic mass is 19.1. The molecule has 2 aliphatic rings. The van der Waals surface area contributed by atoms with Gasteiger partial charge in [-0.25, -0.2) is 4.39 Å². The van der Waals surface area contributed by atoms with Crippen LogP contribution in [0.5, 0.6) is 0 Å². The molecule has 0 amide bonds. The van der Waals surface area contributed by atoms with E-state index in [4.69, 9.17) is 0 Å². The van der Waals surface area contributed by atoms with Gasteiger partial charge in [0.05, 0.1) is 0 Å². The summed E-state index contributed by atoms with van der Waals surface area (Å²) in [6, 6.07) is 7.43. The number of benzene rings is 1. The Morgan fingerprint density at radius 1 is 1.41 bits per heavy atom. The number of guanidine groups is 1. The molecule has 2 fully saturated rings. The van der Waals surface area contributed by atoms with Gasteiger partial charge in [0.1, 0.15) is 5.82 Å². The summed E-state index contributed by atoms with van der Waals surface area (Å²) in [5.74, 6) is 1.18. The number of nitrogens with one attached hydrogen (secondary N) is 1. The van der Waals surface area contributed by atoms with Gasteiger partial charge < -0.3 is 10.2 Å². The Kier molecular flexibility index (Phi) is 4.11. The molecule has 1 saturated heterocycles. The molecule has 1 aromatic carbocycles. The maximum atomic E-state index is 13.9. The van der Waals surface area contributed by atoms with Crippen molar-refractivity contribution in [2.24, 2.45) is 10.4 Å². The summed E-state index contributed by atoms with van der Waals surface area (Å²) in [7, 11) is 0. The van der Waals surface area contributed by atoms with E-state index < -0.39 is 0 Å². The minimum Gasteiger partial charge on any atom is -0.353 e. The molecule has 0 spiro atoms. The monoisotopic (exact) mass is 303 g/mol. The summed E-state index contributed by atoms with van der Waals surface area (Å²) in [5.41, 5.74) is 1.18. The summed E-state index contributed by atoms with van der Waals surface area (Å²) < 4.78 is 13.9. The molecule has 0 bridgehead atoms. The van der Waals surface area contributed by atoms with Gasteiger partial charge in [-0.2, -0.15) is 0 Å². The van der Waals surface area contributed by atoms with Gasteiger partial charge in [0.15, 0.2) is 5.96 Å². The molecule has 1 N–H and O–H groups in total. The van der Waals surface area contributed by atoms with Crippen LogP contribution in [0, 0.1) is 11.2 Å². The van der Waals surface area contributed by atoms with Crippen LogP contribution in [0.25, 0.3) is 0 Å². The van der Waals surface area contributed by atoms with Crippen molar-refractivity contribution in [3.05, 3.63) is 35.6 Å². The quantitative estimate of drug-likeness (QED) is 0.685. The summed E-state index contributed by atoms with van der Waals surface area (Å²) in [6.07, 6.45) is 2.18. The van der Waals surface area contributed by atoms with E-state index in [1.165, 1.54) is 6.42 Å². The predicted octanol–water partition coefficient (Wildman–Crippen LogP) is 3.38. The summed E-state index contributed by atoms with van der Waals surface area (Å²) in [4.78, 5) is 6.99. The molecule has 3 nitrogen and oxygen atoms in total. The zero-order valence-corrected chi connectivity index (χ0v) is 13.8. The minimum absolute atomic E-state index is 0.0897. The fraction of sp³-hybridized carbons (Fsp3) is 0.611. The fourth-order valence-corrected chi connectivity index (χ4v) is 3.32. The molecule has 120 valence electrons. The molecule has 1 aliphatic heterocycles.